The Balaban J connectivity index is 1.73. The number of fused-ring (bicyclic) bond motifs is 3. The Bertz CT molecular complexity index is 1010. The summed E-state index contributed by atoms with van der Waals surface area (Å²) in [5.74, 6) is -0.128. The predicted molar refractivity (Wildman–Crippen MR) is 116 cm³/mol. The highest BCUT2D eigenvalue weighted by Crippen LogP contribution is 2.38. The topological polar surface area (TPSA) is 67.8 Å². The van der Waals surface area contributed by atoms with E-state index in [9.17, 15) is 9.18 Å². The highest BCUT2D eigenvalue weighted by molar-refractivity contribution is 9.10. The first-order valence-corrected chi connectivity index (χ1v) is 10.9. The molecule has 1 aromatic carbocycles. The number of carbonyl (C=O) groups excluding carboxylic acids is 1. The molecule has 0 spiro atoms. The van der Waals surface area contributed by atoms with Crippen molar-refractivity contribution in [1.29, 1.82) is 0 Å². The standard InChI is InChI=1S/C19H20BrCl2FN4O3/c1-19(2,3)30-18(28)26-5-9-7-29-8-10(6-26)27(9)16-11-4-12(21)13(20)14(23)15(11)24-17(22)25-16/h4,9-10H,5-8H2,1-3H3. The molecule has 0 N–H and O–H groups in total. The van der Waals surface area contributed by atoms with E-state index in [1.54, 1.807) is 11.0 Å². The number of hydrogen-bond donors (Lipinski definition) is 0. The molecule has 0 aliphatic carbocycles. The molecule has 0 radical (unpaired) electrons. The molecule has 2 unspecified atom stereocenters. The lowest BCUT2D eigenvalue weighted by molar-refractivity contribution is -0.0106. The van der Waals surface area contributed by atoms with Gasteiger partial charge >= 0.3 is 6.09 Å². The number of amides is 1. The van der Waals surface area contributed by atoms with Crippen LogP contribution in [0.4, 0.5) is 15.0 Å². The molecule has 30 heavy (non-hydrogen) atoms. The van der Waals surface area contributed by atoms with E-state index in [1.807, 2.05) is 25.7 Å². The summed E-state index contributed by atoms with van der Waals surface area (Å²) in [5.41, 5.74) is -0.507. The molecule has 2 aliphatic rings. The molecule has 3 heterocycles. The second kappa shape index (κ2) is 7.93. The number of nitrogens with zero attached hydrogens (tertiary/aromatic N) is 4. The first-order valence-electron chi connectivity index (χ1n) is 9.40. The average molecular weight is 522 g/mol. The Morgan fingerprint density at radius 2 is 1.90 bits per heavy atom. The van der Waals surface area contributed by atoms with Crippen molar-refractivity contribution in [2.24, 2.45) is 0 Å². The third-order valence-corrected chi connectivity index (χ3v) is 6.42. The number of halogens is 4. The van der Waals surface area contributed by atoms with Crippen LogP contribution in [0.3, 0.4) is 0 Å². The monoisotopic (exact) mass is 520 g/mol. The van der Waals surface area contributed by atoms with Gasteiger partial charge in [0.2, 0.25) is 5.28 Å². The molecular formula is C19H20BrCl2FN4O3. The molecule has 2 aliphatic heterocycles. The van der Waals surface area contributed by atoms with Crippen molar-refractivity contribution in [2.75, 3.05) is 31.2 Å². The van der Waals surface area contributed by atoms with Gasteiger partial charge in [-0.2, -0.15) is 4.98 Å². The van der Waals surface area contributed by atoms with Crippen molar-refractivity contribution in [3.05, 3.63) is 26.7 Å². The van der Waals surface area contributed by atoms with Crippen LogP contribution in [-0.2, 0) is 9.47 Å². The number of morpholine rings is 1. The second-order valence-electron chi connectivity index (χ2n) is 8.34. The summed E-state index contributed by atoms with van der Waals surface area (Å²) in [4.78, 5) is 24.8. The Morgan fingerprint density at radius 3 is 2.50 bits per heavy atom. The maximum Gasteiger partial charge on any atom is 0.410 e. The molecule has 11 heteroatoms. The molecule has 2 fully saturated rings. The van der Waals surface area contributed by atoms with Gasteiger partial charge in [0.25, 0.3) is 0 Å². The number of carbonyl (C=O) groups is 1. The lowest BCUT2D eigenvalue weighted by Crippen LogP contribution is -2.66. The zero-order chi connectivity index (χ0) is 21.8. The van der Waals surface area contributed by atoms with E-state index in [0.717, 1.165) is 0 Å². The van der Waals surface area contributed by atoms with Gasteiger partial charge in [0.1, 0.15) is 16.9 Å². The second-order valence-corrected chi connectivity index (χ2v) is 9.87. The van der Waals surface area contributed by atoms with Crippen LogP contribution in [0.15, 0.2) is 10.5 Å². The predicted octanol–water partition coefficient (Wildman–Crippen LogP) is 4.66. The maximum absolute atomic E-state index is 14.8. The van der Waals surface area contributed by atoms with Gasteiger partial charge in [0.05, 0.1) is 34.8 Å². The fourth-order valence-corrected chi connectivity index (χ4v) is 4.47. The minimum absolute atomic E-state index is 0.0702. The first kappa shape index (κ1) is 21.8. The average Bonchev–Trinajstić information content (AvgIpc) is 2.64. The van der Waals surface area contributed by atoms with Gasteiger partial charge in [-0.25, -0.2) is 14.2 Å². The number of ether oxygens (including phenoxy) is 2. The molecule has 1 amide bonds. The summed E-state index contributed by atoms with van der Waals surface area (Å²) in [5, 5.41) is 0.591. The van der Waals surface area contributed by atoms with Crippen LogP contribution < -0.4 is 4.90 Å². The normalized spacial score (nSPS) is 21.8. The summed E-state index contributed by atoms with van der Waals surface area (Å²) in [7, 11) is 0. The molecule has 0 saturated carbocycles. The Labute approximate surface area is 191 Å². The van der Waals surface area contributed by atoms with Gasteiger partial charge in [0.15, 0.2) is 5.82 Å². The fraction of sp³-hybridized carbons (Fsp3) is 0.526. The smallest absolute Gasteiger partial charge is 0.410 e. The molecule has 162 valence electrons. The van der Waals surface area contributed by atoms with Crippen molar-refractivity contribution >= 4 is 61.9 Å². The van der Waals surface area contributed by atoms with Gasteiger partial charge in [-0.1, -0.05) is 11.6 Å². The molecule has 2 bridgehead atoms. The van der Waals surface area contributed by atoms with E-state index in [0.29, 0.717) is 37.5 Å². The molecule has 2 atom stereocenters. The van der Waals surface area contributed by atoms with Crippen molar-refractivity contribution in [2.45, 2.75) is 38.5 Å². The minimum atomic E-state index is -0.600. The number of piperazine rings is 1. The van der Waals surface area contributed by atoms with Gasteiger partial charge in [0, 0.05) is 18.5 Å². The van der Waals surface area contributed by atoms with Crippen LogP contribution >= 0.6 is 39.1 Å². The van der Waals surface area contributed by atoms with E-state index in [4.69, 9.17) is 32.7 Å². The Hall–Kier alpha value is -1.42. The zero-order valence-electron chi connectivity index (χ0n) is 16.6. The maximum atomic E-state index is 14.8. The minimum Gasteiger partial charge on any atom is -0.444 e. The van der Waals surface area contributed by atoms with E-state index < -0.39 is 11.4 Å². The number of aromatic nitrogens is 2. The van der Waals surface area contributed by atoms with E-state index in [-0.39, 0.29) is 38.5 Å². The quantitative estimate of drug-likeness (QED) is 0.401. The first-order chi connectivity index (χ1) is 14.0. The number of rotatable bonds is 1. The molecule has 2 aromatic rings. The lowest BCUT2D eigenvalue weighted by Gasteiger charge is -2.50. The lowest BCUT2D eigenvalue weighted by atomic mass is 10.0. The summed E-state index contributed by atoms with van der Waals surface area (Å²) >= 11 is 15.5. The highest BCUT2D eigenvalue weighted by atomic mass is 79.9. The summed E-state index contributed by atoms with van der Waals surface area (Å²) in [6, 6.07) is 1.21. The zero-order valence-corrected chi connectivity index (χ0v) is 19.7. The van der Waals surface area contributed by atoms with Gasteiger partial charge < -0.3 is 19.3 Å². The van der Waals surface area contributed by atoms with Gasteiger partial charge in [-0.3, -0.25) is 0 Å². The number of benzene rings is 1. The van der Waals surface area contributed by atoms with Crippen LogP contribution in [0, 0.1) is 5.82 Å². The van der Waals surface area contributed by atoms with Crippen LogP contribution in [0.5, 0.6) is 0 Å². The van der Waals surface area contributed by atoms with Crippen molar-refractivity contribution in [3.63, 3.8) is 0 Å². The summed E-state index contributed by atoms with van der Waals surface area (Å²) < 4.78 is 26.2. The molecule has 2 saturated heterocycles. The molecule has 1 aromatic heterocycles. The van der Waals surface area contributed by atoms with Crippen LogP contribution in [0.1, 0.15) is 20.8 Å². The van der Waals surface area contributed by atoms with Gasteiger partial charge in [-0.05, 0) is 54.4 Å². The Kier molecular flexibility index (Phi) is 5.76. The van der Waals surface area contributed by atoms with E-state index in [1.165, 1.54) is 0 Å². The number of hydrogen-bond acceptors (Lipinski definition) is 6. The van der Waals surface area contributed by atoms with E-state index in [2.05, 4.69) is 25.9 Å². The summed E-state index contributed by atoms with van der Waals surface area (Å²) in [6.45, 7) is 7.00. The van der Waals surface area contributed by atoms with Gasteiger partial charge in [-0.15, -0.1) is 0 Å². The molecular weight excluding hydrogens is 502 g/mol. The fourth-order valence-electron chi connectivity index (χ4n) is 3.81. The highest BCUT2D eigenvalue weighted by Gasteiger charge is 2.42. The summed E-state index contributed by atoms with van der Waals surface area (Å²) in [6.07, 6.45) is -0.373. The molecule has 7 nitrogen and oxygen atoms in total. The number of anilines is 1. The largest absolute Gasteiger partial charge is 0.444 e. The Morgan fingerprint density at radius 1 is 1.27 bits per heavy atom. The van der Waals surface area contributed by atoms with Crippen molar-refractivity contribution in [1.82, 2.24) is 14.9 Å². The van der Waals surface area contributed by atoms with Crippen LogP contribution in [0.25, 0.3) is 10.9 Å². The van der Waals surface area contributed by atoms with Crippen LogP contribution in [0.2, 0.25) is 10.3 Å². The third-order valence-electron chi connectivity index (χ3n) is 4.95. The molecule has 4 rings (SSSR count). The van der Waals surface area contributed by atoms with E-state index >= 15 is 0 Å². The third kappa shape index (κ3) is 4.04. The SMILES string of the molecule is CC(C)(C)OC(=O)N1CC2COCC(C1)N2c1nc(Cl)nc2c(F)c(Br)c(Cl)cc12. The van der Waals surface area contributed by atoms with Crippen LogP contribution in [-0.4, -0.2) is 64.9 Å². The van der Waals surface area contributed by atoms with Crippen molar-refractivity contribution < 1.29 is 18.7 Å². The van der Waals surface area contributed by atoms with Crippen molar-refractivity contribution in [3.8, 4) is 0 Å².